The maximum absolute atomic E-state index is 13.4. The highest BCUT2D eigenvalue weighted by molar-refractivity contribution is 5.76. The number of aliphatic hydroxyl groups excluding tert-OH is 11. The summed E-state index contributed by atoms with van der Waals surface area (Å²) in [5, 5.41) is 120. The molecule has 3 rings (SSSR count). The van der Waals surface area contributed by atoms with Gasteiger partial charge in [-0.05, 0) is 32.1 Å². The van der Waals surface area contributed by atoms with E-state index in [1.807, 2.05) is 6.08 Å². The van der Waals surface area contributed by atoms with Crippen LogP contribution in [0.15, 0.2) is 24.3 Å². The second kappa shape index (κ2) is 51.7. The number of carbonyl (C=O) groups is 1. The Balaban J connectivity index is 1.41. The largest absolute Gasteiger partial charge is 0.394 e. The Bertz CT molecular complexity index is 1690. The molecule has 0 aromatic carbocycles. The summed E-state index contributed by atoms with van der Waals surface area (Å²) in [6, 6.07) is -0.986. The number of nitrogens with one attached hydrogen (secondary N) is 1. The molecule has 0 aliphatic carbocycles. The summed E-state index contributed by atoms with van der Waals surface area (Å²) >= 11 is 0. The molecule has 19 nitrogen and oxygen atoms in total. The smallest absolute Gasteiger partial charge is 0.220 e. The molecule has 0 aromatic heterocycles. The minimum Gasteiger partial charge on any atom is -0.394 e. The van der Waals surface area contributed by atoms with E-state index in [9.17, 15) is 61.0 Å². The third-order valence-electron chi connectivity index (χ3n) is 18.0. The monoisotopic (exact) mass is 1260 g/mol. The number of hydrogen-bond donors (Lipinski definition) is 12. The molecule has 518 valence electrons. The van der Waals surface area contributed by atoms with E-state index in [2.05, 4.69) is 31.3 Å². The molecule has 3 aliphatic rings. The van der Waals surface area contributed by atoms with Gasteiger partial charge in [0.15, 0.2) is 18.9 Å². The summed E-state index contributed by atoms with van der Waals surface area (Å²) in [5.41, 5.74) is 0. The molecule has 1 amide bonds. The van der Waals surface area contributed by atoms with Crippen molar-refractivity contribution in [3.05, 3.63) is 24.3 Å². The third-order valence-corrected chi connectivity index (χ3v) is 18.0. The molecular weight excluding hydrogens is 1130 g/mol. The normalized spacial score (nSPS) is 28.5. The zero-order valence-electron chi connectivity index (χ0n) is 54.7. The van der Waals surface area contributed by atoms with Crippen LogP contribution in [0.3, 0.4) is 0 Å². The maximum Gasteiger partial charge on any atom is 0.220 e. The van der Waals surface area contributed by atoms with Gasteiger partial charge in [0.1, 0.15) is 73.2 Å². The molecule has 3 fully saturated rings. The van der Waals surface area contributed by atoms with Gasteiger partial charge in [-0.1, -0.05) is 263 Å². The fourth-order valence-electron chi connectivity index (χ4n) is 12.2. The van der Waals surface area contributed by atoms with E-state index in [0.29, 0.717) is 12.8 Å². The molecule has 88 heavy (non-hydrogen) atoms. The van der Waals surface area contributed by atoms with Crippen LogP contribution in [0.4, 0.5) is 0 Å². The van der Waals surface area contributed by atoms with Crippen LogP contribution < -0.4 is 5.32 Å². The zero-order chi connectivity index (χ0) is 64.0. The van der Waals surface area contributed by atoms with E-state index in [0.717, 1.165) is 38.5 Å². The average Bonchev–Trinajstić information content (AvgIpc) is 2.71. The lowest BCUT2D eigenvalue weighted by molar-refractivity contribution is -0.379. The first-order valence-corrected chi connectivity index (χ1v) is 35.6. The standard InChI is InChI=1S/C69H129NO18/c1-3-5-7-9-11-13-15-17-19-20-21-22-23-24-25-26-27-28-29-30-31-32-33-34-36-38-40-42-44-46-53(74)52(70-57(75)47-45-43-41-39-37-35-18-16-14-12-10-8-6-4-2)51-83-67-63(81)60(78)65(55(49-72)85-67)88-69-64(82)61(79)66(56(50-73)86-69)87-68-62(80)59(77)58(76)54(48-71)84-68/h36,38,44,46,52-56,58-69,71-74,76-82H,3-35,37,39-43,45,47-51H2,1-2H3,(H,70,75)/b38-36+,46-44+. The highest BCUT2D eigenvalue weighted by Gasteiger charge is 2.53. The van der Waals surface area contributed by atoms with Gasteiger partial charge in [-0.25, -0.2) is 0 Å². The Morgan fingerprint density at radius 2 is 0.727 bits per heavy atom. The van der Waals surface area contributed by atoms with Crippen LogP contribution in [0.25, 0.3) is 0 Å². The number of unbranched alkanes of at least 4 members (excludes halogenated alkanes) is 37. The zero-order valence-corrected chi connectivity index (χ0v) is 54.7. The van der Waals surface area contributed by atoms with Gasteiger partial charge < -0.3 is 89.9 Å². The second-order valence-electron chi connectivity index (χ2n) is 25.7. The van der Waals surface area contributed by atoms with Crippen LogP contribution in [-0.2, 0) is 33.2 Å². The number of amides is 1. The summed E-state index contributed by atoms with van der Waals surface area (Å²) in [6.45, 7) is 1.74. The van der Waals surface area contributed by atoms with E-state index in [4.69, 9.17) is 28.4 Å². The molecule has 0 spiro atoms. The van der Waals surface area contributed by atoms with E-state index in [1.165, 1.54) is 205 Å². The van der Waals surface area contributed by atoms with Crippen molar-refractivity contribution in [1.82, 2.24) is 5.32 Å². The summed E-state index contributed by atoms with van der Waals surface area (Å²) in [7, 11) is 0. The lowest BCUT2D eigenvalue weighted by Gasteiger charge is -2.48. The molecule has 0 radical (unpaired) electrons. The number of hydrogen-bond acceptors (Lipinski definition) is 18. The topological polar surface area (TPSA) is 307 Å². The van der Waals surface area contributed by atoms with Gasteiger partial charge in [0.25, 0.3) is 0 Å². The van der Waals surface area contributed by atoms with E-state index in [-0.39, 0.29) is 18.9 Å². The fourth-order valence-corrected chi connectivity index (χ4v) is 12.2. The van der Waals surface area contributed by atoms with Crippen molar-refractivity contribution in [2.75, 3.05) is 26.4 Å². The molecular formula is C69H129NO18. The Morgan fingerprint density at radius 1 is 0.398 bits per heavy atom. The van der Waals surface area contributed by atoms with Crippen molar-refractivity contribution in [3.63, 3.8) is 0 Å². The number of aliphatic hydroxyl groups is 11. The predicted molar refractivity (Wildman–Crippen MR) is 342 cm³/mol. The first-order chi connectivity index (χ1) is 42.8. The molecule has 12 N–H and O–H groups in total. The number of ether oxygens (including phenoxy) is 6. The molecule has 17 atom stereocenters. The highest BCUT2D eigenvalue weighted by atomic mass is 16.8. The Kier molecular flexibility index (Phi) is 47.3. The summed E-state index contributed by atoms with van der Waals surface area (Å²) in [5.74, 6) is -0.282. The van der Waals surface area contributed by atoms with Crippen LogP contribution in [0.5, 0.6) is 0 Å². The van der Waals surface area contributed by atoms with Gasteiger partial charge in [0.05, 0.1) is 38.6 Å². The first kappa shape index (κ1) is 80.5. The molecule has 19 heteroatoms. The van der Waals surface area contributed by atoms with Gasteiger partial charge in [-0.2, -0.15) is 0 Å². The number of allylic oxidation sites excluding steroid dienone is 3. The molecule has 3 heterocycles. The first-order valence-electron chi connectivity index (χ1n) is 35.6. The fraction of sp³-hybridized carbons (Fsp3) is 0.928. The molecule has 3 aliphatic heterocycles. The van der Waals surface area contributed by atoms with Gasteiger partial charge >= 0.3 is 0 Å². The van der Waals surface area contributed by atoms with Crippen molar-refractivity contribution >= 4 is 5.91 Å². The minimum absolute atomic E-state index is 0.240. The van der Waals surface area contributed by atoms with Gasteiger partial charge in [0, 0.05) is 6.42 Å². The minimum atomic E-state index is -1.98. The van der Waals surface area contributed by atoms with Crippen molar-refractivity contribution in [2.45, 2.75) is 381 Å². The lowest BCUT2D eigenvalue weighted by Crippen LogP contribution is -2.66. The summed E-state index contributed by atoms with van der Waals surface area (Å²) < 4.78 is 34.3. The van der Waals surface area contributed by atoms with Crippen LogP contribution in [-0.4, -0.2) is 193 Å². The van der Waals surface area contributed by atoms with Gasteiger partial charge in [-0.15, -0.1) is 0 Å². The maximum atomic E-state index is 13.4. The Hall–Kier alpha value is -1.73. The van der Waals surface area contributed by atoms with Crippen molar-refractivity contribution in [1.29, 1.82) is 0 Å². The molecule has 0 bridgehead atoms. The Labute approximate surface area is 530 Å². The highest BCUT2D eigenvalue weighted by Crippen LogP contribution is 2.33. The summed E-state index contributed by atoms with van der Waals surface area (Å²) in [6.07, 6.45) is 31.8. The number of rotatable bonds is 55. The lowest BCUT2D eigenvalue weighted by atomic mass is 9.96. The van der Waals surface area contributed by atoms with E-state index < -0.39 is 124 Å². The Morgan fingerprint density at radius 3 is 1.14 bits per heavy atom. The molecule has 0 saturated carbocycles. The molecule has 0 aromatic rings. The van der Waals surface area contributed by atoms with Crippen molar-refractivity contribution in [2.24, 2.45) is 0 Å². The van der Waals surface area contributed by atoms with Crippen molar-refractivity contribution in [3.8, 4) is 0 Å². The predicted octanol–water partition coefficient (Wildman–Crippen LogP) is 9.44. The van der Waals surface area contributed by atoms with Crippen LogP contribution in [0.2, 0.25) is 0 Å². The second-order valence-corrected chi connectivity index (χ2v) is 25.7. The molecule has 3 saturated heterocycles. The van der Waals surface area contributed by atoms with Crippen LogP contribution >= 0.6 is 0 Å². The van der Waals surface area contributed by atoms with Gasteiger partial charge in [-0.3, -0.25) is 4.79 Å². The van der Waals surface area contributed by atoms with Crippen LogP contribution in [0.1, 0.15) is 277 Å². The van der Waals surface area contributed by atoms with Crippen molar-refractivity contribution < 1.29 is 89.4 Å². The van der Waals surface area contributed by atoms with E-state index >= 15 is 0 Å². The van der Waals surface area contributed by atoms with Gasteiger partial charge in [0.2, 0.25) is 5.91 Å². The average molecular weight is 1260 g/mol. The summed E-state index contributed by atoms with van der Waals surface area (Å²) in [4.78, 5) is 13.4. The van der Waals surface area contributed by atoms with Crippen LogP contribution in [0, 0.1) is 0 Å². The van der Waals surface area contributed by atoms with E-state index in [1.54, 1.807) is 6.08 Å². The quantitative estimate of drug-likeness (QED) is 0.0199. The third kappa shape index (κ3) is 33.4. The number of carbonyl (C=O) groups excluding carboxylic acids is 1. The SMILES string of the molecule is CCCCCCCCCCCCCCCCCCCCCCCCC/C=C/CC/C=C/C(O)C(COC1OC(CO)C(OC2OC(CO)C(OC3OC(CO)C(O)C(O)C3O)C(O)C2O)C(O)C1O)NC(=O)CCCCCCCCCCCCCCCC. The molecule has 17 unspecified atom stereocenters.